The van der Waals surface area contributed by atoms with E-state index < -0.39 is 21.8 Å². The average Bonchev–Trinajstić information content (AvgIpc) is 3.11. The molecule has 6 nitrogen and oxygen atoms in total. The summed E-state index contributed by atoms with van der Waals surface area (Å²) in [5.41, 5.74) is 0.163. The minimum atomic E-state index is -4.40. The molecule has 1 saturated heterocycles. The van der Waals surface area contributed by atoms with Crippen molar-refractivity contribution in [2.75, 3.05) is 36.8 Å². The number of imidazole rings is 1. The number of nitrogens with zero attached hydrogens (tertiary/aromatic N) is 3. The third-order valence-electron chi connectivity index (χ3n) is 4.46. The van der Waals surface area contributed by atoms with E-state index in [0.29, 0.717) is 49.8 Å². The summed E-state index contributed by atoms with van der Waals surface area (Å²) in [6.45, 7) is 3.49. The molecule has 1 fully saturated rings. The van der Waals surface area contributed by atoms with Gasteiger partial charge in [-0.1, -0.05) is 19.1 Å². The fourth-order valence-electron chi connectivity index (χ4n) is 3.05. The van der Waals surface area contributed by atoms with Crippen molar-refractivity contribution < 1.29 is 21.6 Å². The molecule has 148 valence electrons. The van der Waals surface area contributed by atoms with Crippen LogP contribution < -0.4 is 4.90 Å². The summed E-state index contributed by atoms with van der Waals surface area (Å²) >= 11 is 0. The fourth-order valence-corrected chi connectivity index (χ4v) is 4.54. The average molecular weight is 402 g/mol. The molecular weight excluding hydrogens is 381 g/mol. The first-order valence-electron chi connectivity index (χ1n) is 8.66. The number of alkyl halides is 3. The highest BCUT2D eigenvalue weighted by atomic mass is 32.2. The highest BCUT2D eigenvalue weighted by Gasteiger charge is 2.31. The van der Waals surface area contributed by atoms with Crippen LogP contribution in [0.4, 0.5) is 19.1 Å². The third kappa shape index (κ3) is 4.44. The lowest BCUT2D eigenvalue weighted by atomic mass is 10.1. The Kier molecular flexibility index (Phi) is 5.48. The molecule has 0 atom stereocenters. The Bertz CT molecular complexity index is 888. The van der Waals surface area contributed by atoms with Gasteiger partial charge < -0.3 is 9.88 Å². The van der Waals surface area contributed by atoms with E-state index in [9.17, 15) is 21.6 Å². The number of piperazine rings is 1. The normalized spacial score (nSPS) is 16.7. The van der Waals surface area contributed by atoms with Gasteiger partial charge in [0.05, 0.1) is 23.2 Å². The number of hydrogen-bond donors (Lipinski definition) is 1. The molecule has 2 aromatic rings. The Morgan fingerprint density at radius 1 is 1.19 bits per heavy atom. The van der Waals surface area contributed by atoms with E-state index in [1.165, 1.54) is 16.6 Å². The van der Waals surface area contributed by atoms with Crippen LogP contribution in [0.2, 0.25) is 0 Å². The van der Waals surface area contributed by atoms with E-state index in [2.05, 4.69) is 9.97 Å². The van der Waals surface area contributed by atoms with Crippen molar-refractivity contribution >= 4 is 16.0 Å². The summed E-state index contributed by atoms with van der Waals surface area (Å²) in [6, 6.07) is 5.04. The molecule has 0 unspecified atom stereocenters. The molecule has 27 heavy (non-hydrogen) atoms. The van der Waals surface area contributed by atoms with Crippen molar-refractivity contribution in [1.82, 2.24) is 14.3 Å². The molecule has 0 bridgehead atoms. The molecule has 0 spiro atoms. The van der Waals surface area contributed by atoms with Gasteiger partial charge in [-0.25, -0.2) is 13.4 Å². The highest BCUT2D eigenvalue weighted by Crippen LogP contribution is 2.32. The van der Waals surface area contributed by atoms with E-state index >= 15 is 0 Å². The van der Waals surface area contributed by atoms with Gasteiger partial charge in [0, 0.05) is 31.7 Å². The Labute approximate surface area is 156 Å². The van der Waals surface area contributed by atoms with Crippen LogP contribution in [0.3, 0.4) is 0 Å². The van der Waals surface area contributed by atoms with Gasteiger partial charge in [-0.15, -0.1) is 0 Å². The van der Waals surface area contributed by atoms with Crippen molar-refractivity contribution in [2.45, 2.75) is 19.5 Å². The number of hydrogen-bond acceptors (Lipinski definition) is 4. The Morgan fingerprint density at radius 3 is 2.52 bits per heavy atom. The number of sulfonamides is 1. The molecule has 0 radical (unpaired) electrons. The Hall–Kier alpha value is -2.07. The van der Waals surface area contributed by atoms with E-state index in [1.54, 1.807) is 6.07 Å². The summed E-state index contributed by atoms with van der Waals surface area (Å²) in [5.74, 6) is 0.655. The standard InChI is InChI=1S/C17H21F3N4O2S/c1-2-10-27(25,26)24-8-6-23(7-9-24)16-21-12-15(22-16)13-4-3-5-14(11-13)17(18,19)20/h3-5,11-12H,2,6-10H2,1H3,(H,21,22). The molecule has 0 saturated carbocycles. The van der Waals surface area contributed by atoms with Gasteiger partial charge in [0.15, 0.2) is 0 Å². The first-order chi connectivity index (χ1) is 12.7. The summed E-state index contributed by atoms with van der Waals surface area (Å²) in [4.78, 5) is 9.19. The van der Waals surface area contributed by atoms with Crippen LogP contribution in [-0.4, -0.2) is 54.6 Å². The largest absolute Gasteiger partial charge is 0.416 e. The summed E-state index contributed by atoms with van der Waals surface area (Å²) < 4.78 is 64.4. The molecule has 1 aromatic carbocycles. The number of halogens is 3. The zero-order valence-electron chi connectivity index (χ0n) is 14.8. The molecular formula is C17H21F3N4O2S. The lowest BCUT2D eigenvalue weighted by Crippen LogP contribution is -2.49. The van der Waals surface area contributed by atoms with Crippen molar-refractivity contribution in [1.29, 1.82) is 0 Å². The summed E-state index contributed by atoms with van der Waals surface area (Å²) in [7, 11) is -3.23. The van der Waals surface area contributed by atoms with Crippen LogP contribution in [0, 0.1) is 0 Å². The first kappa shape index (κ1) is 19.7. The Morgan fingerprint density at radius 2 is 1.89 bits per heavy atom. The van der Waals surface area contributed by atoms with Gasteiger partial charge in [0.2, 0.25) is 16.0 Å². The van der Waals surface area contributed by atoms with Gasteiger partial charge in [0.25, 0.3) is 0 Å². The van der Waals surface area contributed by atoms with E-state index in [4.69, 9.17) is 0 Å². The lowest BCUT2D eigenvalue weighted by molar-refractivity contribution is -0.137. The van der Waals surface area contributed by atoms with Gasteiger partial charge in [-0.05, 0) is 18.6 Å². The van der Waals surface area contributed by atoms with Crippen molar-refractivity contribution in [3.63, 3.8) is 0 Å². The molecule has 10 heteroatoms. The van der Waals surface area contributed by atoms with Gasteiger partial charge in [0.1, 0.15) is 0 Å². The van der Waals surface area contributed by atoms with Crippen LogP contribution in [0.25, 0.3) is 11.3 Å². The molecule has 1 aliphatic rings. The molecule has 0 aliphatic carbocycles. The minimum Gasteiger partial charge on any atom is -0.340 e. The number of nitrogens with one attached hydrogen (secondary N) is 1. The zero-order chi connectivity index (χ0) is 19.7. The monoisotopic (exact) mass is 402 g/mol. The topological polar surface area (TPSA) is 69.3 Å². The van der Waals surface area contributed by atoms with E-state index in [0.717, 1.165) is 12.1 Å². The quantitative estimate of drug-likeness (QED) is 0.835. The second-order valence-corrected chi connectivity index (χ2v) is 8.49. The van der Waals surface area contributed by atoms with E-state index in [1.807, 2.05) is 11.8 Å². The number of aromatic nitrogens is 2. The Balaban J connectivity index is 1.71. The van der Waals surface area contributed by atoms with Crippen LogP contribution in [0.15, 0.2) is 30.5 Å². The van der Waals surface area contributed by atoms with Crippen LogP contribution in [0.5, 0.6) is 0 Å². The molecule has 1 aromatic heterocycles. The molecule has 1 N–H and O–H groups in total. The lowest BCUT2D eigenvalue weighted by Gasteiger charge is -2.33. The number of anilines is 1. The third-order valence-corrected chi connectivity index (χ3v) is 6.53. The minimum absolute atomic E-state index is 0.132. The predicted octanol–water partition coefficient (Wildman–Crippen LogP) is 2.96. The maximum absolute atomic E-state index is 12.9. The number of aromatic amines is 1. The second-order valence-electron chi connectivity index (χ2n) is 6.40. The summed E-state index contributed by atoms with van der Waals surface area (Å²) in [5, 5.41) is 0. The maximum Gasteiger partial charge on any atom is 0.416 e. The number of benzene rings is 1. The molecule has 0 amide bonds. The molecule has 3 rings (SSSR count). The van der Waals surface area contributed by atoms with Gasteiger partial charge in [-0.3, -0.25) is 0 Å². The van der Waals surface area contributed by atoms with Crippen LogP contribution in [0.1, 0.15) is 18.9 Å². The number of H-pyrrole nitrogens is 1. The zero-order valence-corrected chi connectivity index (χ0v) is 15.6. The predicted molar refractivity (Wildman–Crippen MR) is 96.9 cm³/mol. The van der Waals surface area contributed by atoms with Crippen LogP contribution >= 0.6 is 0 Å². The smallest absolute Gasteiger partial charge is 0.340 e. The van der Waals surface area contributed by atoms with Gasteiger partial charge >= 0.3 is 6.18 Å². The summed E-state index contributed by atoms with van der Waals surface area (Å²) in [6.07, 6.45) is -2.34. The van der Waals surface area contributed by atoms with Crippen LogP contribution in [-0.2, 0) is 16.2 Å². The molecule has 1 aliphatic heterocycles. The van der Waals surface area contributed by atoms with Gasteiger partial charge in [-0.2, -0.15) is 17.5 Å². The number of rotatable bonds is 5. The first-order valence-corrected chi connectivity index (χ1v) is 10.3. The molecule has 2 heterocycles. The maximum atomic E-state index is 12.9. The highest BCUT2D eigenvalue weighted by molar-refractivity contribution is 7.89. The second kappa shape index (κ2) is 7.51. The van der Waals surface area contributed by atoms with Crippen molar-refractivity contribution in [2.24, 2.45) is 0 Å². The van der Waals surface area contributed by atoms with E-state index in [-0.39, 0.29) is 5.75 Å². The van der Waals surface area contributed by atoms with Crippen molar-refractivity contribution in [3.8, 4) is 11.3 Å². The van der Waals surface area contributed by atoms with Crippen molar-refractivity contribution in [3.05, 3.63) is 36.0 Å². The fraction of sp³-hybridized carbons (Fsp3) is 0.471. The SMILES string of the molecule is CCCS(=O)(=O)N1CCN(c2ncc(-c3cccc(C(F)(F)F)c3)[nH]2)CC1.